The lowest BCUT2D eigenvalue weighted by atomic mass is 10.2. The quantitative estimate of drug-likeness (QED) is 0.552. The molecule has 1 aromatic carbocycles. The van der Waals surface area contributed by atoms with Crippen LogP contribution in [0.2, 0.25) is 0 Å². The second-order valence-electron chi connectivity index (χ2n) is 6.39. The lowest BCUT2D eigenvalue weighted by Crippen LogP contribution is -2.33. The van der Waals surface area contributed by atoms with Crippen LogP contribution in [0, 0.1) is 32.4 Å². The molecule has 0 saturated carbocycles. The van der Waals surface area contributed by atoms with E-state index >= 15 is 0 Å². The number of carbonyl (C=O) groups excluding carboxylic acids is 1. The lowest BCUT2D eigenvalue weighted by molar-refractivity contribution is 0.252. The van der Waals surface area contributed by atoms with E-state index in [1.165, 1.54) is 6.07 Å². The number of aryl methyl sites for hydroxylation is 1. The maximum atomic E-state index is 13.5. The molecule has 0 fully saturated rings. The molecule has 8 nitrogen and oxygen atoms in total. The van der Waals surface area contributed by atoms with Crippen molar-refractivity contribution in [2.75, 3.05) is 23.7 Å². The zero-order valence-corrected chi connectivity index (χ0v) is 16.3. The van der Waals surface area contributed by atoms with Crippen molar-refractivity contribution in [3.8, 4) is 5.82 Å². The standard InChI is InChI=1S/C19H21F2N7O/c1-11-12(2)27-28(13(11)3)17-8-7-16(25-26-17)22-9-10-23-19(29)24-18-14(20)5-4-6-15(18)21/h4-8H,9-10H2,1-3H3,(H,22,25)(H2,23,24,29). The van der Waals surface area contributed by atoms with Crippen LogP contribution in [0.4, 0.5) is 25.1 Å². The van der Waals surface area contributed by atoms with Crippen LogP contribution in [0.1, 0.15) is 17.0 Å². The molecule has 3 rings (SSSR count). The van der Waals surface area contributed by atoms with Crippen LogP contribution in [-0.4, -0.2) is 39.1 Å². The molecule has 2 amide bonds. The third-order valence-electron chi connectivity index (χ3n) is 4.44. The number of nitrogens with one attached hydrogen (secondary N) is 3. The smallest absolute Gasteiger partial charge is 0.319 e. The third kappa shape index (κ3) is 4.65. The van der Waals surface area contributed by atoms with Crippen molar-refractivity contribution in [2.24, 2.45) is 0 Å². The first-order valence-electron chi connectivity index (χ1n) is 8.96. The number of benzene rings is 1. The molecule has 10 heteroatoms. The molecule has 2 aromatic heterocycles. The summed E-state index contributed by atoms with van der Waals surface area (Å²) >= 11 is 0. The van der Waals surface area contributed by atoms with Gasteiger partial charge in [0.2, 0.25) is 0 Å². The first-order valence-corrected chi connectivity index (χ1v) is 8.96. The maximum Gasteiger partial charge on any atom is 0.319 e. The number of rotatable bonds is 6. The molecule has 0 aliphatic rings. The van der Waals surface area contributed by atoms with Crippen molar-refractivity contribution in [1.82, 2.24) is 25.3 Å². The van der Waals surface area contributed by atoms with Crippen molar-refractivity contribution >= 4 is 17.5 Å². The average molecular weight is 401 g/mol. The van der Waals surface area contributed by atoms with Gasteiger partial charge >= 0.3 is 6.03 Å². The van der Waals surface area contributed by atoms with E-state index in [0.717, 1.165) is 29.1 Å². The van der Waals surface area contributed by atoms with Crippen LogP contribution in [-0.2, 0) is 0 Å². The van der Waals surface area contributed by atoms with Crippen molar-refractivity contribution in [3.05, 3.63) is 58.9 Å². The molecule has 0 aliphatic heterocycles. The lowest BCUT2D eigenvalue weighted by Gasteiger charge is -2.10. The molecule has 0 radical (unpaired) electrons. The van der Waals surface area contributed by atoms with Gasteiger partial charge in [-0.2, -0.15) is 5.10 Å². The first-order chi connectivity index (χ1) is 13.9. The topological polar surface area (TPSA) is 96.8 Å². The zero-order valence-electron chi connectivity index (χ0n) is 16.3. The van der Waals surface area contributed by atoms with Crippen molar-refractivity contribution < 1.29 is 13.6 Å². The summed E-state index contributed by atoms with van der Waals surface area (Å²) in [5.74, 6) is -0.555. The molecular weight excluding hydrogens is 380 g/mol. The predicted molar refractivity (Wildman–Crippen MR) is 105 cm³/mol. The Morgan fingerprint density at radius 2 is 1.76 bits per heavy atom. The number of carbonyl (C=O) groups is 1. The second-order valence-corrected chi connectivity index (χ2v) is 6.39. The summed E-state index contributed by atoms with van der Waals surface area (Å²) in [5, 5.41) is 20.3. The van der Waals surface area contributed by atoms with Crippen LogP contribution in [0.25, 0.3) is 5.82 Å². The number of aromatic nitrogens is 4. The van der Waals surface area contributed by atoms with E-state index in [4.69, 9.17) is 0 Å². The van der Waals surface area contributed by atoms with E-state index in [9.17, 15) is 13.6 Å². The van der Waals surface area contributed by atoms with E-state index in [1.807, 2.05) is 20.8 Å². The van der Waals surface area contributed by atoms with Gasteiger partial charge < -0.3 is 16.0 Å². The van der Waals surface area contributed by atoms with Gasteiger partial charge in [0.25, 0.3) is 0 Å². The SMILES string of the molecule is Cc1nn(-c2ccc(NCCNC(=O)Nc3c(F)cccc3F)nn2)c(C)c1C. The summed E-state index contributed by atoms with van der Waals surface area (Å²) < 4.78 is 28.7. The van der Waals surface area contributed by atoms with Gasteiger partial charge in [0, 0.05) is 18.8 Å². The van der Waals surface area contributed by atoms with Gasteiger partial charge in [-0.15, -0.1) is 10.2 Å². The molecule has 0 spiro atoms. The Bertz CT molecular complexity index is 998. The Kier molecular flexibility index (Phi) is 6.01. The van der Waals surface area contributed by atoms with Crippen LogP contribution in [0.5, 0.6) is 0 Å². The highest BCUT2D eigenvalue weighted by atomic mass is 19.1. The molecule has 2 heterocycles. The van der Waals surface area contributed by atoms with Gasteiger partial charge in [0.15, 0.2) is 5.82 Å². The molecular formula is C19H21F2N7O. The number of amides is 2. The Balaban J connectivity index is 1.48. The molecule has 0 bridgehead atoms. The number of urea groups is 1. The Morgan fingerprint density at radius 3 is 2.34 bits per heavy atom. The molecule has 0 atom stereocenters. The average Bonchev–Trinajstić information content (AvgIpc) is 2.96. The van der Waals surface area contributed by atoms with E-state index in [2.05, 4.69) is 31.2 Å². The summed E-state index contributed by atoms with van der Waals surface area (Å²) in [4.78, 5) is 11.8. The normalized spacial score (nSPS) is 10.7. The first kappa shape index (κ1) is 20.2. The number of halogens is 2. The molecule has 152 valence electrons. The van der Waals surface area contributed by atoms with Gasteiger partial charge in [-0.3, -0.25) is 0 Å². The summed E-state index contributed by atoms with van der Waals surface area (Å²) in [6.07, 6.45) is 0. The third-order valence-corrected chi connectivity index (χ3v) is 4.44. The fraction of sp³-hybridized carbons (Fsp3) is 0.263. The Labute approximate surface area is 166 Å². The molecule has 3 N–H and O–H groups in total. The summed E-state index contributed by atoms with van der Waals surface area (Å²) in [7, 11) is 0. The number of nitrogens with zero attached hydrogens (tertiary/aromatic N) is 4. The number of para-hydroxylation sites is 1. The molecule has 29 heavy (non-hydrogen) atoms. The fourth-order valence-electron chi connectivity index (χ4n) is 2.62. The molecule has 0 unspecified atom stereocenters. The Hall–Kier alpha value is -3.56. The summed E-state index contributed by atoms with van der Waals surface area (Å²) in [5.41, 5.74) is 2.55. The number of hydrogen-bond donors (Lipinski definition) is 3. The predicted octanol–water partition coefficient (Wildman–Crippen LogP) is 3.10. The summed E-state index contributed by atoms with van der Waals surface area (Å²) in [6.45, 7) is 6.46. The van der Waals surface area contributed by atoms with E-state index in [-0.39, 0.29) is 6.54 Å². The number of anilines is 2. The van der Waals surface area contributed by atoms with E-state index in [1.54, 1.807) is 16.8 Å². The minimum absolute atomic E-state index is 0.210. The van der Waals surface area contributed by atoms with E-state index in [0.29, 0.717) is 18.2 Å². The van der Waals surface area contributed by atoms with Gasteiger partial charge in [-0.05, 0) is 50.6 Å². The van der Waals surface area contributed by atoms with Crippen LogP contribution >= 0.6 is 0 Å². The summed E-state index contributed by atoms with van der Waals surface area (Å²) in [6, 6.07) is 6.18. The Morgan fingerprint density at radius 1 is 1.03 bits per heavy atom. The van der Waals surface area contributed by atoms with Gasteiger partial charge in [-0.25, -0.2) is 18.3 Å². The zero-order chi connectivity index (χ0) is 21.0. The van der Waals surface area contributed by atoms with Crippen molar-refractivity contribution in [2.45, 2.75) is 20.8 Å². The van der Waals surface area contributed by atoms with Crippen LogP contribution in [0.15, 0.2) is 30.3 Å². The van der Waals surface area contributed by atoms with Gasteiger partial charge in [0.1, 0.15) is 23.1 Å². The molecule has 3 aromatic rings. The highest BCUT2D eigenvalue weighted by Crippen LogP contribution is 2.17. The van der Waals surface area contributed by atoms with Gasteiger partial charge in [0.05, 0.1) is 5.69 Å². The molecule has 0 aliphatic carbocycles. The maximum absolute atomic E-state index is 13.5. The van der Waals surface area contributed by atoms with Crippen LogP contribution in [0.3, 0.4) is 0 Å². The minimum Gasteiger partial charge on any atom is -0.367 e. The minimum atomic E-state index is -0.841. The second kappa shape index (κ2) is 8.63. The highest BCUT2D eigenvalue weighted by molar-refractivity contribution is 5.89. The van der Waals surface area contributed by atoms with Crippen molar-refractivity contribution in [1.29, 1.82) is 0 Å². The largest absolute Gasteiger partial charge is 0.367 e. The highest BCUT2D eigenvalue weighted by Gasteiger charge is 2.12. The monoisotopic (exact) mass is 401 g/mol. The number of hydrogen-bond acceptors (Lipinski definition) is 5. The molecule has 0 saturated heterocycles. The fourth-order valence-corrected chi connectivity index (χ4v) is 2.62. The van der Waals surface area contributed by atoms with E-state index < -0.39 is 23.4 Å². The van der Waals surface area contributed by atoms with Crippen molar-refractivity contribution in [3.63, 3.8) is 0 Å². The van der Waals surface area contributed by atoms with Gasteiger partial charge in [-0.1, -0.05) is 6.07 Å². The van der Waals surface area contributed by atoms with Crippen LogP contribution < -0.4 is 16.0 Å².